The van der Waals surface area contributed by atoms with Gasteiger partial charge in [-0.1, -0.05) is 34.6 Å². The minimum Gasteiger partial charge on any atom is -0.469 e. The summed E-state index contributed by atoms with van der Waals surface area (Å²) in [4.78, 5) is 111. The van der Waals surface area contributed by atoms with Crippen LogP contribution in [0.4, 0.5) is 0 Å². The number of hydrogen-bond donors (Lipinski definition) is 4. The van der Waals surface area contributed by atoms with Crippen LogP contribution in [0.25, 0.3) is 0 Å². The quantitative estimate of drug-likeness (QED) is 0.0945. The second-order valence-electron chi connectivity index (χ2n) is 21.4. The summed E-state index contributed by atoms with van der Waals surface area (Å²) in [6.45, 7) is 15.1. The summed E-state index contributed by atoms with van der Waals surface area (Å²) in [5.74, 6) is -6.08. The van der Waals surface area contributed by atoms with Gasteiger partial charge in [-0.2, -0.15) is 0 Å². The third kappa shape index (κ3) is 10.7. The number of esters is 6. The van der Waals surface area contributed by atoms with Crippen LogP contribution in [0.1, 0.15) is 126 Å². The molecule has 73 heavy (non-hydrogen) atoms. The molecule has 0 aromatic rings. The predicted octanol–water partition coefficient (Wildman–Crippen LogP) is 4.76. The van der Waals surface area contributed by atoms with Gasteiger partial charge in [0.05, 0.1) is 91.5 Å². The van der Waals surface area contributed by atoms with Crippen molar-refractivity contribution in [2.24, 2.45) is 66.0 Å². The Labute approximate surface area is 428 Å². The first-order valence-corrected chi connectivity index (χ1v) is 25.0. The highest BCUT2D eigenvalue weighted by Crippen LogP contribution is 2.63. The molecule has 1 unspecified atom stereocenters. The third-order valence-electron chi connectivity index (χ3n) is 17.2. The molecule has 5 heterocycles. The first-order chi connectivity index (χ1) is 34.2. The number of carbonyl (C=O) groups is 7. The molecule has 5 rings (SSSR count). The first-order valence-electron chi connectivity index (χ1n) is 25.0. The fraction of sp³-hybridized carbons (Fsp3) is 0.698. The highest BCUT2D eigenvalue weighted by atomic mass is 16.5. The van der Waals surface area contributed by atoms with E-state index in [4.69, 9.17) is 49.1 Å². The zero-order chi connectivity index (χ0) is 54.6. The molecule has 5 aliphatic rings. The second kappa shape index (κ2) is 22.7. The molecular formula is C53H78N6O14. The number of methoxy groups -OCH3 is 6. The zero-order valence-electron chi connectivity index (χ0n) is 45.3. The Morgan fingerprint density at radius 3 is 1.75 bits per heavy atom. The Hall–Kier alpha value is -5.92. The molecule has 0 aliphatic carbocycles. The number of nitrogens with one attached hydrogen (secondary N) is 2. The number of allylic oxidation sites excluding steroid dienone is 6. The molecule has 5 N–H and O–H groups in total. The molecule has 0 aromatic heterocycles. The summed E-state index contributed by atoms with van der Waals surface area (Å²) in [7, 11) is 7.79. The van der Waals surface area contributed by atoms with E-state index in [0.29, 0.717) is 45.4 Å². The van der Waals surface area contributed by atoms with Crippen LogP contribution in [-0.4, -0.2) is 131 Å². The van der Waals surface area contributed by atoms with Crippen LogP contribution in [0, 0.1) is 45.3 Å². The van der Waals surface area contributed by atoms with E-state index in [-0.39, 0.29) is 95.4 Å². The molecule has 1 fully saturated rings. The maximum atomic E-state index is 14.0. The van der Waals surface area contributed by atoms with E-state index >= 15 is 0 Å². The smallest absolute Gasteiger partial charge is 0.306 e. The molecule has 0 aromatic carbocycles. The number of amides is 1. The molecule has 20 nitrogen and oxygen atoms in total. The van der Waals surface area contributed by atoms with Crippen molar-refractivity contribution in [1.29, 1.82) is 0 Å². The lowest BCUT2D eigenvalue weighted by atomic mass is 9.55. The van der Waals surface area contributed by atoms with E-state index in [2.05, 4.69) is 10.6 Å². The van der Waals surface area contributed by atoms with Crippen molar-refractivity contribution < 1.29 is 67.1 Å². The number of aliphatic imine (C=N–C) groups is 3. The van der Waals surface area contributed by atoms with Crippen molar-refractivity contribution in [3.8, 4) is 0 Å². The minimum atomic E-state index is -1.41. The van der Waals surface area contributed by atoms with Crippen LogP contribution in [-0.2, 0) is 62.0 Å². The number of nitrogens with two attached hydrogens (primary N) is 1. The highest BCUT2D eigenvalue weighted by molar-refractivity contribution is 6.11. The van der Waals surface area contributed by atoms with Crippen molar-refractivity contribution in [3.05, 3.63) is 33.9 Å². The van der Waals surface area contributed by atoms with Crippen LogP contribution in [0.3, 0.4) is 0 Å². The summed E-state index contributed by atoms with van der Waals surface area (Å²) >= 11 is 0. The summed E-state index contributed by atoms with van der Waals surface area (Å²) < 4.78 is 31.7. The maximum Gasteiger partial charge on any atom is 0.306 e. The van der Waals surface area contributed by atoms with E-state index < -0.39 is 92.7 Å². The lowest BCUT2D eigenvalue weighted by Crippen LogP contribution is -2.55. The number of hydrogen-bond acceptors (Lipinski definition) is 19. The SMILES string of the molecule is COC(=O)CC[C@@H]1/C2=C(\C)C3=NC([C@H](CC(=O)OC)[C@@]3(C)CCC(=O)OC)[C@]3(C)N=C(C(C)=C4NC(=C(N)C(=N2)C1(C)C)[C@@H](CCC(=O)NCCO)[C@]4(C)CC(=O)OC)[C@@H](CCC(=O)OC)[C@]3(C)CC(=O)OC. The van der Waals surface area contributed by atoms with E-state index in [1.165, 1.54) is 42.7 Å². The van der Waals surface area contributed by atoms with Crippen molar-refractivity contribution in [2.75, 3.05) is 55.8 Å². The van der Waals surface area contributed by atoms with Crippen LogP contribution in [0.15, 0.2) is 48.9 Å². The topological polar surface area (TPSA) is 282 Å². The average Bonchev–Trinajstić information content (AvgIpc) is 3.99. The molecule has 5 aliphatic heterocycles. The van der Waals surface area contributed by atoms with Gasteiger partial charge in [0.2, 0.25) is 5.91 Å². The van der Waals surface area contributed by atoms with Crippen molar-refractivity contribution in [2.45, 2.75) is 138 Å². The Bertz CT molecular complexity index is 2440. The lowest BCUT2D eigenvalue weighted by molar-refractivity contribution is -0.147. The molecule has 9 atom stereocenters. The van der Waals surface area contributed by atoms with Gasteiger partial charge in [-0.3, -0.25) is 48.5 Å². The van der Waals surface area contributed by atoms with Gasteiger partial charge < -0.3 is 49.9 Å². The van der Waals surface area contributed by atoms with E-state index in [9.17, 15) is 38.7 Å². The third-order valence-corrected chi connectivity index (χ3v) is 17.2. The Morgan fingerprint density at radius 2 is 1.19 bits per heavy atom. The molecule has 8 bridgehead atoms. The summed E-state index contributed by atoms with van der Waals surface area (Å²) in [6, 6.07) is -0.927. The molecule has 1 amide bonds. The van der Waals surface area contributed by atoms with E-state index in [1.54, 1.807) is 0 Å². The first kappa shape index (κ1) is 58.0. The van der Waals surface area contributed by atoms with Crippen molar-refractivity contribution in [3.63, 3.8) is 0 Å². The fourth-order valence-corrected chi connectivity index (χ4v) is 12.7. The minimum absolute atomic E-state index is 0.0157. The van der Waals surface area contributed by atoms with Gasteiger partial charge in [-0.15, -0.1) is 0 Å². The second-order valence-corrected chi connectivity index (χ2v) is 21.4. The molecule has 1 saturated heterocycles. The normalized spacial score (nSPS) is 31.0. The number of ether oxygens (including phenoxy) is 6. The maximum absolute atomic E-state index is 14.0. The lowest BCUT2D eigenvalue weighted by Gasteiger charge is -2.48. The molecule has 20 heteroatoms. The van der Waals surface area contributed by atoms with Crippen LogP contribution < -0.4 is 16.4 Å². The molecular weight excluding hydrogens is 945 g/mol. The van der Waals surface area contributed by atoms with Crippen molar-refractivity contribution >= 4 is 58.9 Å². The van der Waals surface area contributed by atoms with Gasteiger partial charge in [0, 0.05) is 106 Å². The molecule has 0 spiro atoms. The number of carbonyl (C=O) groups excluding carboxylic acids is 7. The Kier molecular flexibility index (Phi) is 18.0. The number of aliphatic hydroxyl groups is 1. The number of aliphatic hydroxyl groups excluding tert-OH is 1. The summed E-state index contributed by atoms with van der Waals surface area (Å²) in [5.41, 5.74) is 6.13. The van der Waals surface area contributed by atoms with Crippen molar-refractivity contribution in [1.82, 2.24) is 10.6 Å². The van der Waals surface area contributed by atoms with Crippen LogP contribution in [0.2, 0.25) is 0 Å². The number of rotatable bonds is 20. The van der Waals surface area contributed by atoms with Gasteiger partial charge in [0.1, 0.15) is 0 Å². The molecule has 0 radical (unpaired) electrons. The fourth-order valence-electron chi connectivity index (χ4n) is 12.7. The van der Waals surface area contributed by atoms with Gasteiger partial charge >= 0.3 is 35.8 Å². The largest absolute Gasteiger partial charge is 0.469 e. The Morgan fingerprint density at radius 1 is 0.658 bits per heavy atom. The number of nitrogens with zero attached hydrogens (tertiary/aromatic N) is 3. The Balaban J connectivity index is 2.06. The van der Waals surface area contributed by atoms with Crippen LogP contribution in [0.5, 0.6) is 0 Å². The van der Waals surface area contributed by atoms with E-state index in [0.717, 1.165) is 0 Å². The predicted molar refractivity (Wildman–Crippen MR) is 269 cm³/mol. The standard InChI is InChI=1S/C53H78N6O14/c1-28-42-30(16-19-35(62)68-9)49(3,4)48(56-42)41(54)44-31(15-18-34(61)55-23-24-60)51(6,26-39(66)72-13)46(57-44)29(2)43-32(17-20-36(63)69-10)52(7,27-40(67)73-14)53(8,59-43)47-33(25-38(65)71-12)50(5,45(28)58-47)22-21-37(64)70-11/h30-33,47,57,60H,15-27,54H2,1-14H3,(H,55,61)/b42-28-,44-41?,46-29?/t30-,31-,32-,33+,47?,50-,51+,52+,53+/m1/s1. The summed E-state index contributed by atoms with van der Waals surface area (Å²) in [6.07, 6.45) is -0.0569. The van der Waals surface area contributed by atoms with Gasteiger partial charge in [-0.25, -0.2) is 0 Å². The van der Waals surface area contributed by atoms with Gasteiger partial charge in [-0.05, 0) is 57.6 Å². The zero-order valence-corrected chi connectivity index (χ0v) is 45.3. The number of fused-ring (bicyclic) bond motifs is 6. The van der Waals surface area contributed by atoms with Gasteiger partial charge in [0.15, 0.2) is 0 Å². The molecule has 0 saturated carbocycles. The van der Waals surface area contributed by atoms with Gasteiger partial charge in [0.25, 0.3) is 0 Å². The van der Waals surface area contributed by atoms with E-state index in [1.807, 2.05) is 55.4 Å². The highest BCUT2D eigenvalue weighted by Gasteiger charge is 2.67. The van der Waals surface area contributed by atoms with Crippen LogP contribution >= 0.6 is 0 Å². The summed E-state index contributed by atoms with van der Waals surface area (Å²) in [5, 5.41) is 16.0. The monoisotopic (exact) mass is 1020 g/mol. The molecule has 404 valence electrons. The average molecular weight is 1020 g/mol.